The number of nitrogens with one attached hydrogen (secondary N) is 1. The zero-order chi connectivity index (χ0) is 44.6. The van der Waals surface area contributed by atoms with E-state index < -0.39 is 88.5 Å². The standard InChI is InChI=1S/C43H58N4O13/c1-21-12-11-13-22(2)41(55)45-32-27(20-44-47-17-15-46(9)16-18-47)34(50)29-30(35(32)51)33(49)24(4)37-31(29)40(54)43(8,60-37)58-19-14-28(57-10)23(3)36(59-26(6)48)25(5)39(53)42(7,56)38(21)52/h11-14,19-21,23,25,28,36,38-39,49-53,56H,15-18H2,1-10H3,(H,45,55)/b12-11+,19-14+,22-13-,44-20+/t21-,23+,25-,28-,36+,38-,39-,42?,43-/m0/s1. The molecule has 4 aliphatic rings. The number of likely N-dealkylation sites (N-methyl/N-ethyl adjacent to an activating group) is 1. The van der Waals surface area contributed by atoms with Gasteiger partial charge in [-0.2, -0.15) is 5.10 Å². The quantitative estimate of drug-likeness (QED) is 0.101. The first-order valence-electron chi connectivity index (χ1n) is 19.8. The third kappa shape index (κ3) is 8.67. The number of allylic oxidation sites excluding steroid dienone is 2. The predicted octanol–water partition coefficient (Wildman–Crippen LogP) is 3.45. The van der Waals surface area contributed by atoms with Crippen LogP contribution in [0.15, 0.2) is 41.2 Å². The van der Waals surface area contributed by atoms with Gasteiger partial charge in [0.05, 0.1) is 53.0 Å². The minimum absolute atomic E-state index is 0.0343. The van der Waals surface area contributed by atoms with Crippen LogP contribution in [0.3, 0.4) is 0 Å². The second-order valence-corrected chi connectivity index (χ2v) is 16.4. The number of methoxy groups -OCH3 is 1. The molecule has 0 aromatic heterocycles. The molecule has 7 N–H and O–H groups in total. The van der Waals surface area contributed by atoms with Crippen LogP contribution in [0.1, 0.15) is 70.0 Å². The summed E-state index contributed by atoms with van der Waals surface area (Å²) in [6.07, 6.45) is 3.12. The summed E-state index contributed by atoms with van der Waals surface area (Å²) in [5.74, 6) is -8.64. The van der Waals surface area contributed by atoms with Crippen molar-refractivity contribution < 1.29 is 64.0 Å². The molecular formula is C43H58N4O13. The number of aliphatic hydroxyl groups is 3. The summed E-state index contributed by atoms with van der Waals surface area (Å²) in [6.45, 7) is 14.1. The smallest absolute Gasteiger partial charge is 0.312 e. The minimum atomic E-state index is -2.14. The molecule has 2 aromatic rings. The molecule has 1 fully saturated rings. The lowest BCUT2D eigenvalue weighted by Crippen LogP contribution is -2.57. The number of piperazine rings is 1. The van der Waals surface area contributed by atoms with Crippen molar-refractivity contribution in [2.45, 2.75) is 91.2 Å². The van der Waals surface area contributed by atoms with Gasteiger partial charge < -0.3 is 59.8 Å². The molecule has 5 bridgehead atoms. The zero-order valence-electron chi connectivity index (χ0n) is 35.7. The number of hydrazone groups is 1. The van der Waals surface area contributed by atoms with Crippen molar-refractivity contribution in [1.82, 2.24) is 9.91 Å². The van der Waals surface area contributed by atoms with Gasteiger partial charge in [0.2, 0.25) is 0 Å². The van der Waals surface area contributed by atoms with Gasteiger partial charge in [0, 0.05) is 81.4 Å². The lowest BCUT2D eigenvalue weighted by molar-refractivity contribution is -0.187. The van der Waals surface area contributed by atoms with E-state index in [0.717, 1.165) is 6.26 Å². The number of fused-ring (bicyclic) bond motifs is 14. The number of hydrogen-bond donors (Lipinski definition) is 7. The number of phenols is 3. The maximum Gasteiger partial charge on any atom is 0.312 e. The number of aromatic hydroxyl groups is 3. The lowest BCUT2D eigenvalue weighted by atomic mass is 9.75. The number of nitrogens with zero attached hydrogens (tertiary/aromatic N) is 3. The number of ketones is 1. The van der Waals surface area contributed by atoms with E-state index >= 15 is 0 Å². The Morgan fingerprint density at radius 2 is 1.62 bits per heavy atom. The summed E-state index contributed by atoms with van der Waals surface area (Å²) in [5, 5.41) is 78.3. The van der Waals surface area contributed by atoms with Gasteiger partial charge in [-0.25, -0.2) is 0 Å². The third-order valence-corrected chi connectivity index (χ3v) is 11.9. The van der Waals surface area contributed by atoms with Crippen molar-refractivity contribution in [3.05, 3.63) is 52.8 Å². The second kappa shape index (κ2) is 17.8. The van der Waals surface area contributed by atoms with Gasteiger partial charge in [-0.1, -0.05) is 39.0 Å². The Kier molecular flexibility index (Phi) is 13.6. The molecule has 1 unspecified atom stereocenters. The fourth-order valence-electron chi connectivity index (χ4n) is 7.98. The molecule has 60 heavy (non-hydrogen) atoms. The third-order valence-electron chi connectivity index (χ3n) is 11.9. The van der Waals surface area contributed by atoms with E-state index in [-0.39, 0.29) is 44.5 Å². The van der Waals surface area contributed by atoms with E-state index in [1.165, 1.54) is 72.2 Å². The molecule has 1 amide bonds. The Balaban J connectivity index is 1.72. The van der Waals surface area contributed by atoms with Crippen LogP contribution in [0.5, 0.6) is 23.0 Å². The molecular weight excluding hydrogens is 780 g/mol. The minimum Gasteiger partial charge on any atom is -0.507 e. The number of hydrogen-bond acceptors (Lipinski definition) is 16. The maximum absolute atomic E-state index is 14.4. The SMILES string of the molecule is CO[C@H]1/C=C/O[C@@]2(C)Oc3c(C)c(O)c4c(O)c(c(/C=N/N5CCN(C)CC5)c(O)c4c3C2=O)NC(=O)/C(C)=C\C=C\[C@H](C)[C@H](O)C(C)(O)[C@@H](O)[C@@H](C)[C@H](OC(C)=O)[C@@H]1C. The van der Waals surface area contributed by atoms with Crippen molar-refractivity contribution in [3.63, 3.8) is 0 Å². The topological polar surface area (TPSA) is 240 Å². The zero-order valence-corrected chi connectivity index (χ0v) is 35.7. The van der Waals surface area contributed by atoms with E-state index in [4.69, 9.17) is 18.9 Å². The molecule has 4 aliphatic heterocycles. The van der Waals surface area contributed by atoms with Crippen LogP contribution >= 0.6 is 0 Å². The molecule has 0 aliphatic carbocycles. The van der Waals surface area contributed by atoms with Gasteiger partial charge in [-0.05, 0) is 33.9 Å². The molecule has 6 rings (SSSR count). The van der Waals surface area contributed by atoms with Gasteiger partial charge >= 0.3 is 11.8 Å². The first kappa shape index (κ1) is 45.9. The number of Topliss-reactive ketones (excluding diaryl/α,β-unsaturated/α-hetero) is 1. The summed E-state index contributed by atoms with van der Waals surface area (Å²) in [6, 6.07) is 0. The van der Waals surface area contributed by atoms with Crippen LogP contribution < -0.4 is 10.1 Å². The Hall–Kier alpha value is -5.20. The van der Waals surface area contributed by atoms with E-state index in [0.29, 0.717) is 26.2 Å². The van der Waals surface area contributed by atoms with Crippen LogP contribution in [0.4, 0.5) is 5.69 Å². The van der Waals surface area contributed by atoms with Crippen LogP contribution in [-0.4, -0.2) is 141 Å². The Morgan fingerprint density at radius 3 is 2.23 bits per heavy atom. The molecule has 17 heteroatoms. The molecule has 0 saturated carbocycles. The van der Waals surface area contributed by atoms with E-state index in [9.17, 15) is 45.0 Å². The highest BCUT2D eigenvalue weighted by atomic mass is 16.7. The summed E-state index contributed by atoms with van der Waals surface area (Å²) in [4.78, 5) is 42.6. The molecule has 9 atom stereocenters. The molecule has 1 saturated heterocycles. The summed E-state index contributed by atoms with van der Waals surface area (Å²) >= 11 is 0. The van der Waals surface area contributed by atoms with Gasteiger partial charge in [0.15, 0.2) is 5.75 Å². The van der Waals surface area contributed by atoms with Crippen LogP contribution in [0, 0.1) is 24.7 Å². The van der Waals surface area contributed by atoms with Crippen LogP contribution in [-0.2, 0) is 23.8 Å². The molecule has 328 valence electrons. The van der Waals surface area contributed by atoms with Crippen LogP contribution in [0.2, 0.25) is 0 Å². The lowest BCUT2D eigenvalue weighted by Gasteiger charge is -2.42. The number of aliphatic hydroxyl groups excluding tert-OH is 2. The second-order valence-electron chi connectivity index (χ2n) is 16.4. The van der Waals surface area contributed by atoms with Crippen molar-refractivity contribution in [3.8, 4) is 23.0 Å². The van der Waals surface area contributed by atoms with Crippen molar-refractivity contribution >= 4 is 40.3 Å². The van der Waals surface area contributed by atoms with Crippen molar-refractivity contribution in [1.29, 1.82) is 0 Å². The van der Waals surface area contributed by atoms with E-state index in [1.54, 1.807) is 25.8 Å². The fraction of sp³-hybridized carbons (Fsp3) is 0.535. The first-order valence-corrected chi connectivity index (χ1v) is 19.8. The average Bonchev–Trinajstić information content (AvgIpc) is 3.46. The summed E-state index contributed by atoms with van der Waals surface area (Å²) in [7, 11) is 3.36. The highest BCUT2D eigenvalue weighted by Crippen LogP contribution is 2.55. The van der Waals surface area contributed by atoms with Crippen LogP contribution in [0.25, 0.3) is 10.8 Å². The number of carbonyl (C=O) groups excluding carboxylic acids is 3. The molecule has 0 spiro atoms. The van der Waals surface area contributed by atoms with Gasteiger partial charge in [0.1, 0.15) is 29.0 Å². The summed E-state index contributed by atoms with van der Waals surface area (Å²) in [5.41, 5.74) is -2.67. The number of esters is 1. The number of amides is 1. The molecule has 0 radical (unpaired) electrons. The Morgan fingerprint density at radius 1 is 0.967 bits per heavy atom. The summed E-state index contributed by atoms with van der Waals surface area (Å²) < 4.78 is 23.5. The van der Waals surface area contributed by atoms with E-state index in [1.807, 2.05) is 7.05 Å². The number of ether oxygens (including phenoxy) is 4. The van der Waals surface area contributed by atoms with Gasteiger partial charge in [-0.3, -0.25) is 19.4 Å². The monoisotopic (exact) mass is 838 g/mol. The number of benzene rings is 2. The van der Waals surface area contributed by atoms with Crippen molar-refractivity contribution in [2.24, 2.45) is 22.9 Å². The van der Waals surface area contributed by atoms with Crippen molar-refractivity contribution in [2.75, 3.05) is 45.7 Å². The predicted molar refractivity (Wildman–Crippen MR) is 222 cm³/mol. The number of carbonyl (C=O) groups is 3. The largest absolute Gasteiger partial charge is 0.507 e. The Bertz CT molecular complexity index is 2120. The fourth-order valence-corrected chi connectivity index (χ4v) is 7.98. The first-order chi connectivity index (χ1) is 28.1. The van der Waals surface area contributed by atoms with Gasteiger partial charge in [0.25, 0.3) is 11.7 Å². The van der Waals surface area contributed by atoms with E-state index in [2.05, 4.69) is 15.3 Å². The maximum atomic E-state index is 14.4. The molecule has 17 nitrogen and oxygen atoms in total. The van der Waals surface area contributed by atoms with Gasteiger partial charge in [-0.15, -0.1) is 0 Å². The Labute approximate surface area is 349 Å². The number of anilines is 1. The number of rotatable bonds is 4. The number of phenolic OH excluding ortho intramolecular Hbond substituents is 3. The molecule has 2 aromatic carbocycles. The highest BCUT2D eigenvalue weighted by molar-refractivity contribution is 6.23. The normalized spacial score (nSPS) is 33.0. The molecule has 4 heterocycles. The average molecular weight is 839 g/mol. The highest BCUT2D eigenvalue weighted by Gasteiger charge is 2.50.